The second-order valence-electron chi connectivity index (χ2n) is 9.61. The van der Waals surface area contributed by atoms with E-state index in [0.29, 0.717) is 6.04 Å². The molecule has 0 radical (unpaired) electrons. The lowest BCUT2D eigenvalue weighted by Gasteiger charge is -2.28. The van der Waals surface area contributed by atoms with Gasteiger partial charge in [0.05, 0.1) is 17.2 Å². The zero-order valence-electron chi connectivity index (χ0n) is 18.4. The maximum absolute atomic E-state index is 4.92. The van der Waals surface area contributed by atoms with Crippen LogP contribution in [0.1, 0.15) is 38.4 Å². The molecule has 5 heterocycles. The van der Waals surface area contributed by atoms with Crippen LogP contribution in [0.15, 0.2) is 30.5 Å². The lowest BCUT2D eigenvalue weighted by atomic mass is 10.1. The summed E-state index contributed by atoms with van der Waals surface area (Å²) in [5.74, 6) is 2.07. The van der Waals surface area contributed by atoms with Crippen LogP contribution in [-0.4, -0.2) is 51.0 Å². The lowest BCUT2D eigenvalue weighted by Crippen LogP contribution is -2.44. The Morgan fingerprint density at radius 2 is 1.67 bits per heavy atom. The minimum atomic E-state index is 0.142. The molecule has 0 aliphatic carbocycles. The Bertz CT molecular complexity index is 1070. The summed E-state index contributed by atoms with van der Waals surface area (Å²) < 4.78 is 1.99. The van der Waals surface area contributed by atoms with Crippen LogP contribution in [-0.2, 0) is 20.0 Å². The number of aryl methyl sites for hydroxylation is 1. The van der Waals surface area contributed by atoms with Gasteiger partial charge in [0.15, 0.2) is 0 Å². The molecule has 0 aromatic carbocycles. The first kappa shape index (κ1) is 19.3. The minimum Gasteiger partial charge on any atom is -0.355 e. The Morgan fingerprint density at radius 1 is 0.967 bits per heavy atom. The Kier molecular flexibility index (Phi) is 4.65. The molecule has 0 amide bonds. The van der Waals surface area contributed by atoms with Gasteiger partial charge < -0.3 is 15.1 Å². The van der Waals surface area contributed by atoms with Gasteiger partial charge in [-0.25, -0.2) is 9.97 Å². The second-order valence-corrected chi connectivity index (χ2v) is 9.61. The average molecular weight is 406 g/mol. The molecule has 3 aromatic heterocycles. The molecule has 3 aromatic rings. The number of pyridine rings is 2. The van der Waals surface area contributed by atoms with Gasteiger partial charge in [0.25, 0.3) is 0 Å². The van der Waals surface area contributed by atoms with Crippen molar-refractivity contribution in [2.24, 2.45) is 7.05 Å². The molecule has 1 atom stereocenters. The lowest BCUT2D eigenvalue weighted by molar-refractivity contribution is 0.373. The fourth-order valence-electron chi connectivity index (χ4n) is 4.72. The highest BCUT2D eigenvalue weighted by molar-refractivity contribution is 5.78. The van der Waals surface area contributed by atoms with E-state index in [1.807, 2.05) is 17.9 Å². The fraction of sp³-hybridized carbons (Fsp3) is 0.522. The van der Waals surface area contributed by atoms with Crippen LogP contribution in [0, 0.1) is 0 Å². The van der Waals surface area contributed by atoms with Gasteiger partial charge in [-0.2, -0.15) is 5.10 Å². The monoisotopic (exact) mass is 405 g/mol. The van der Waals surface area contributed by atoms with E-state index in [-0.39, 0.29) is 5.54 Å². The smallest absolute Gasteiger partial charge is 0.129 e. The summed E-state index contributed by atoms with van der Waals surface area (Å²) in [6, 6.07) is 8.97. The van der Waals surface area contributed by atoms with Gasteiger partial charge >= 0.3 is 0 Å². The number of hydrogen-bond donors (Lipinski definition) is 1. The van der Waals surface area contributed by atoms with Crippen molar-refractivity contribution in [3.8, 4) is 0 Å². The topological polar surface area (TPSA) is 62.1 Å². The number of nitrogens with one attached hydrogen (secondary N) is 1. The quantitative estimate of drug-likeness (QED) is 0.723. The summed E-state index contributed by atoms with van der Waals surface area (Å²) in [5, 5.41) is 8.11. The van der Waals surface area contributed by atoms with Crippen molar-refractivity contribution in [3.63, 3.8) is 0 Å². The Labute approximate surface area is 178 Å². The predicted molar refractivity (Wildman–Crippen MR) is 121 cm³/mol. The van der Waals surface area contributed by atoms with Gasteiger partial charge in [-0.3, -0.25) is 4.68 Å². The van der Waals surface area contributed by atoms with E-state index in [1.165, 1.54) is 11.3 Å². The molecule has 1 unspecified atom stereocenters. The van der Waals surface area contributed by atoms with Crippen molar-refractivity contribution in [2.75, 3.05) is 29.4 Å². The fourth-order valence-corrected chi connectivity index (χ4v) is 4.72. The Balaban J connectivity index is 1.33. The van der Waals surface area contributed by atoms with Crippen LogP contribution < -0.4 is 15.1 Å². The molecule has 7 nitrogen and oxygen atoms in total. The van der Waals surface area contributed by atoms with Crippen LogP contribution in [0.5, 0.6) is 0 Å². The van der Waals surface area contributed by atoms with Gasteiger partial charge in [-0.15, -0.1) is 0 Å². The number of fused-ring (bicyclic) bond motifs is 2. The van der Waals surface area contributed by atoms with Crippen molar-refractivity contribution >= 4 is 22.7 Å². The molecule has 2 aliphatic heterocycles. The molecule has 30 heavy (non-hydrogen) atoms. The SMILES string of the molecule is Cn1ncc2c1CCN(c1ccc3nc(N4CCC(NC(C)(C)C)C4)ccc3n1)C2. The predicted octanol–water partition coefficient (Wildman–Crippen LogP) is 2.89. The van der Waals surface area contributed by atoms with Crippen LogP contribution in [0.25, 0.3) is 11.0 Å². The third kappa shape index (κ3) is 3.74. The normalized spacial score (nSPS) is 19.5. The van der Waals surface area contributed by atoms with Crippen LogP contribution in [0.2, 0.25) is 0 Å². The molecule has 0 saturated carbocycles. The number of hydrogen-bond acceptors (Lipinski definition) is 6. The number of nitrogens with zero attached hydrogens (tertiary/aromatic N) is 6. The van der Waals surface area contributed by atoms with Crippen LogP contribution in [0.4, 0.5) is 11.6 Å². The van der Waals surface area contributed by atoms with E-state index in [4.69, 9.17) is 9.97 Å². The van der Waals surface area contributed by atoms with E-state index in [9.17, 15) is 0 Å². The molecular weight excluding hydrogens is 374 g/mol. The first-order chi connectivity index (χ1) is 14.4. The van der Waals surface area contributed by atoms with Crippen molar-refractivity contribution in [1.82, 2.24) is 25.1 Å². The van der Waals surface area contributed by atoms with Gasteiger partial charge in [0.2, 0.25) is 0 Å². The zero-order valence-corrected chi connectivity index (χ0v) is 18.4. The first-order valence-corrected chi connectivity index (χ1v) is 10.9. The van der Waals surface area contributed by atoms with Gasteiger partial charge in [-0.05, 0) is 51.5 Å². The number of aromatic nitrogens is 4. The third-order valence-corrected chi connectivity index (χ3v) is 6.11. The largest absolute Gasteiger partial charge is 0.355 e. The van der Waals surface area contributed by atoms with Crippen LogP contribution >= 0.6 is 0 Å². The van der Waals surface area contributed by atoms with Crippen molar-refractivity contribution in [3.05, 3.63) is 41.7 Å². The van der Waals surface area contributed by atoms with Crippen molar-refractivity contribution in [2.45, 2.75) is 51.7 Å². The summed E-state index contributed by atoms with van der Waals surface area (Å²) in [6.45, 7) is 10.6. The number of rotatable bonds is 3. The highest BCUT2D eigenvalue weighted by atomic mass is 15.3. The van der Waals surface area contributed by atoms with Crippen LogP contribution in [0.3, 0.4) is 0 Å². The summed E-state index contributed by atoms with van der Waals surface area (Å²) >= 11 is 0. The standard InChI is InChI=1S/C23H31N7/c1-23(2,3)27-17-9-11-30(15-17)22-8-6-18-19(26-22)5-7-21(25-18)29-12-10-20-16(14-29)13-24-28(20)4/h5-8,13,17,27H,9-12,14-15H2,1-4H3. The molecule has 158 valence electrons. The molecule has 0 spiro atoms. The summed E-state index contributed by atoms with van der Waals surface area (Å²) in [5.41, 5.74) is 4.69. The van der Waals surface area contributed by atoms with E-state index in [1.54, 1.807) is 0 Å². The molecule has 2 aliphatic rings. The van der Waals surface area contributed by atoms with E-state index in [0.717, 1.165) is 61.7 Å². The first-order valence-electron chi connectivity index (χ1n) is 10.9. The minimum absolute atomic E-state index is 0.142. The molecule has 1 fully saturated rings. The molecule has 0 bridgehead atoms. The maximum atomic E-state index is 4.92. The van der Waals surface area contributed by atoms with Gasteiger partial charge in [-0.1, -0.05) is 0 Å². The number of anilines is 2. The maximum Gasteiger partial charge on any atom is 0.129 e. The summed E-state index contributed by atoms with van der Waals surface area (Å²) in [4.78, 5) is 14.5. The highest BCUT2D eigenvalue weighted by Gasteiger charge is 2.27. The van der Waals surface area contributed by atoms with E-state index >= 15 is 0 Å². The second kappa shape index (κ2) is 7.23. The summed E-state index contributed by atoms with van der Waals surface area (Å²) in [6.07, 6.45) is 4.13. The molecular formula is C23H31N7. The Morgan fingerprint density at radius 3 is 2.37 bits per heavy atom. The molecule has 1 N–H and O–H groups in total. The van der Waals surface area contributed by atoms with E-state index < -0.39 is 0 Å². The third-order valence-electron chi connectivity index (χ3n) is 6.11. The van der Waals surface area contributed by atoms with Crippen molar-refractivity contribution in [1.29, 1.82) is 0 Å². The molecule has 1 saturated heterocycles. The van der Waals surface area contributed by atoms with Crippen molar-refractivity contribution < 1.29 is 0 Å². The average Bonchev–Trinajstić information content (AvgIpc) is 3.32. The Hall–Kier alpha value is -2.67. The summed E-state index contributed by atoms with van der Waals surface area (Å²) in [7, 11) is 2.02. The van der Waals surface area contributed by atoms with Gasteiger partial charge in [0.1, 0.15) is 11.6 Å². The van der Waals surface area contributed by atoms with E-state index in [2.05, 4.69) is 65.3 Å². The molecule has 7 heteroatoms. The highest BCUT2D eigenvalue weighted by Crippen LogP contribution is 2.26. The molecule has 5 rings (SSSR count). The van der Waals surface area contributed by atoms with Gasteiger partial charge in [0, 0.05) is 62.5 Å². The zero-order chi connectivity index (χ0) is 20.9.